The third-order valence-electron chi connectivity index (χ3n) is 4.39. The predicted molar refractivity (Wildman–Crippen MR) is 82.6 cm³/mol. The lowest BCUT2D eigenvalue weighted by atomic mass is 9.95. The van der Waals surface area contributed by atoms with Crippen molar-refractivity contribution in [2.75, 3.05) is 13.1 Å². The van der Waals surface area contributed by atoms with Crippen molar-refractivity contribution in [1.29, 1.82) is 0 Å². The van der Waals surface area contributed by atoms with Gasteiger partial charge in [-0.3, -0.25) is 4.90 Å². The first-order valence-electron chi connectivity index (χ1n) is 7.52. The third-order valence-corrected chi connectivity index (χ3v) is 5.29. The first-order chi connectivity index (χ1) is 9.13. The molecule has 0 radical (unpaired) electrons. The van der Waals surface area contributed by atoms with Crippen molar-refractivity contribution in [3.63, 3.8) is 0 Å². The molecule has 3 nitrogen and oxygen atoms in total. The summed E-state index contributed by atoms with van der Waals surface area (Å²) in [5.41, 5.74) is 0. The molecule has 3 atom stereocenters. The van der Waals surface area contributed by atoms with Crippen molar-refractivity contribution in [3.8, 4) is 0 Å². The highest BCUT2D eigenvalue weighted by atomic mass is 32.1. The molecule has 0 aliphatic carbocycles. The zero-order valence-electron chi connectivity index (χ0n) is 12.6. The quantitative estimate of drug-likeness (QED) is 0.899. The Morgan fingerprint density at radius 2 is 2.32 bits per heavy atom. The first kappa shape index (κ1) is 14.9. The Morgan fingerprint density at radius 1 is 1.53 bits per heavy atom. The van der Waals surface area contributed by atoms with Crippen molar-refractivity contribution < 1.29 is 0 Å². The molecule has 0 saturated carbocycles. The molecular formula is C15H27N3S. The number of nitrogens with zero attached hydrogens (tertiary/aromatic N) is 2. The molecule has 2 heterocycles. The summed E-state index contributed by atoms with van der Waals surface area (Å²) in [6.07, 6.45) is 4.52. The molecule has 1 N–H and O–H groups in total. The van der Waals surface area contributed by atoms with Gasteiger partial charge < -0.3 is 5.32 Å². The minimum Gasteiger partial charge on any atom is -0.311 e. The number of hydrogen-bond donors (Lipinski definition) is 1. The second-order valence-electron chi connectivity index (χ2n) is 5.74. The number of nitrogens with one attached hydrogen (secondary N) is 1. The van der Waals surface area contributed by atoms with Crippen LogP contribution in [-0.4, -0.2) is 35.1 Å². The van der Waals surface area contributed by atoms with Gasteiger partial charge in [-0.25, -0.2) is 4.98 Å². The summed E-state index contributed by atoms with van der Waals surface area (Å²) in [5.74, 6) is 0.753. The van der Waals surface area contributed by atoms with E-state index in [0.717, 1.165) is 19.0 Å². The van der Waals surface area contributed by atoms with E-state index in [-0.39, 0.29) is 0 Å². The van der Waals surface area contributed by atoms with Gasteiger partial charge in [0.1, 0.15) is 0 Å². The average molecular weight is 281 g/mol. The van der Waals surface area contributed by atoms with Gasteiger partial charge in [-0.1, -0.05) is 27.2 Å². The van der Waals surface area contributed by atoms with Crippen LogP contribution in [0, 0.1) is 12.8 Å². The summed E-state index contributed by atoms with van der Waals surface area (Å²) >= 11 is 1.84. The van der Waals surface area contributed by atoms with Crippen LogP contribution < -0.4 is 5.32 Å². The molecular weight excluding hydrogens is 254 g/mol. The molecule has 1 aliphatic heterocycles. The molecule has 1 fully saturated rings. The average Bonchev–Trinajstić information content (AvgIpc) is 2.83. The summed E-state index contributed by atoms with van der Waals surface area (Å²) in [5, 5.41) is 4.92. The second kappa shape index (κ2) is 6.82. The Balaban J connectivity index is 2.01. The lowest BCUT2D eigenvalue weighted by molar-refractivity contribution is 0.100. The molecule has 1 saturated heterocycles. The predicted octanol–water partition coefficient (Wildman–Crippen LogP) is 3.05. The van der Waals surface area contributed by atoms with Gasteiger partial charge in [-0.05, 0) is 19.3 Å². The molecule has 3 unspecified atom stereocenters. The Morgan fingerprint density at radius 3 is 2.89 bits per heavy atom. The summed E-state index contributed by atoms with van der Waals surface area (Å²) in [4.78, 5) is 8.44. The molecule has 1 aromatic heterocycles. The highest BCUT2D eigenvalue weighted by Gasteiger charge is 2.29. The van der Waals surface area contributed by atoms with Crippen LogP contribution in [0.5, 0.6) is 0 Å². The SMILES string of the molecule is CCC(C)C1CN(Cc2cnc(C)s2)C(CC)CN1. The monoisotopic (exact) mass is 281 g/mol. The number of aryl methyl sites for hydroxylation is 1. The van der Waals surface area contributed by atoms with Crippen LogP contribution in [0.25, 0.3) is 0 Å². The zero-order valence-corrected chi connectivity index (χ0v) is 13.5. The maximum atomic E-state index is 4.38. The maximum Gasteiger partial charge on any atom is 0.0897 e. The number of piperazine rings is 1. The smallest absolute Gasteiger partial charge is 0.0897 e. The number of thiazole rings is 1. The van der Waals surface area contributed by atoms with E-state index in [4.69, 9.17) is 0 Å². The summed E-state index contributed by atoms with van der Waals surface area (Å²) in [6.45, 7) is 12.4. The van der Waals surface area contributed by atoms with E-state index >= 15 is 0 Å². The van der Waals surface area contributed by atoms with E-state index in [1.165, 1.54) is 29.3 Å². The second-order valence-corrected chi connectivity index (χ2v) is 7.06. The molecule has 19 heavy (non-hydrogen) atoms. The molecule has 0 amide bonds. The highest BCUT2D eigenvalue weighted by Crippen LogP contribution is 2.21. The van der Waals surface area contributed by atoms with Crippen LogP contribution in [0.2, 0.25) is 0 Å². The molecule has 108 valence electrons. The number of aromatic nitrogens is 1. The van der Waals surface area contributed by atoms with Crippen LogP contribution in [-0.2, 0) is 6.54 Å². The Hall–Kier alpha value is -0.450. The summed E-state index contributed by atoms with van der Waals surface area (Å²) in [6, 6.07) is 1.31. The molecule has 0 spiro atoms. The Labute approximate surface area is 121 Å². The van der Waals surface area contributed by atoms with E-state index in [1.54, 1.807) is 0 Å². The fraction of sp³-hybridized carbons (Fsp3) is 0.800. The fourth-order valence-electron chi connectivity index (χ4n) is 2.82. The van der Waals surface area contributed by atoms with E-state index in [9.17, 15) is 0 Å². The Kier molecular flexibility index (Phi) is 5.37. The topological polar surface area (TPSA) is 28.2 Å². The van der Waals surface area contributed by atoms with Gasteiger partial charge in [-0.2, -0.15) is 0 Å². The van der Waals surface area contributed by atoms with E-state index in [1.807, 2.05) is 17.5 Å². The molecule has 1 aliphatic rings. The van der Waals surface area contributed by atoms with Gasteiger partial charge in [0.05, 0.1) is 5.01 Å². The zero-order chi connectivity index (χ0) is 13.8. The summed E-state index contributed by atoms with van der Waals surface area (Å²) < 4.78 is 0. The summed E-state index contributed by atoms with van der Waals surface area (Å²) in [7, 11) is 0. The van der Waals surface area contributed by atoms with Crippen LogP contribution >= 0.6 is 11.3 Å². The Bertz CT molecular complexity index is 390. The fourth-order valence-corrected chi connectivity index (χ4v) is 3.64. The van der Waals surface area contributed by atoms with Crippen LogP contribution in [0.15, 0.2) is 6.20 Å². The van der Waals surface area contributed by atoms with Crippen molar-refractivity contribution >= 4 is 11.3 Å². The van der Waals surface area contributed by atoms with Gasteiger partial charge in [0.2, 0.25) is 0 Å². The van der Waals surface area contributed by atoms with Crippen LogP contribution in [0.1, 0.15) is 43.5 Å². The van der Waals surface area contributed by atoms with Crippen molar-refractivity contribution in [2.24, 2.45) is 5.92 Å². The molecule has 0 bridgehead atoms. The lowest BCUT2D eigenvalue weighted by Gasteiger charge is -2.42. The van der Waals surface area contributed by atoms with Crippen LogP contribution in [0.4, 0.5) is 0 Å². The third kappa shape index (κ3) is 3.77. The van der Waals surface area contributed by atoms with Gasteiger partial charge >= 0.3 is 0 Å². The van der Waals surface area contributed by atoms with E-state index in [0.29, 0.717) is 12.1 Å². The standard InChI is InChI=1S/C15H27N3S/c1-5-11(3)15-10-18(13(6-2)7-17-15)9-14-8-16-12(4)19-14/h8,11,13,15,17H,5-7,9-10H2,1-4H3. The minimum absolute atomic E-state index is 0.641. The number of hydrogen-bond acceptors (Lipinski definition) is 4. The first-order valence-corrected chi connectivity index (χ1v) is 8.34. The van der Waals surface area contributed by atoms with Gasteiger partial charge in [0.15, 0.2) is 0 Å². The molecule has 0 aromatic carbocycles. The van der Waals surface area contributed by atoms with Gasteiger partial charge in [0, 0.05) is 42.8 Å². The van der Waals surface area contributed by atoms with Crippen molar-refractivity contribution in [1.82, 2.24) is 15.2 Å². The van der Waals surface area contributed by atoms with Gasteiger partial charge in [-0.15, -0.1) is 11.3 Å². The minimum atomic E-state index is 0.641. The highest BCUT2D eigenvalue weighted by molar-refractivity contribution is 7.11. The van der Waals surface area contributed by atoms with E-state index < -0.39 is 0 Å². The number of rotatable bonds is 5. The maximum absolute atomic E-state index is 4.38. The van der Waals surface area contributed by atoms with Crippen molar-refractivity contribution in [3.05, 3.63) is 16.1 Å². The molecule has 4 heteroatoms. The normalized spacial score (nSPS) is 26.5. The van der Waals surface area contributed by atoms with Crippen molar-refractivity contribution in [2.45, 2.75) is 59.2 Å². The van der Waals surface area contributed by atoms with E-state index in [2.05, 4.69) is 42.9 Å². The van der Waals surface area contributed by atoms with Crippen LogP contribution in [0.3, 0.4) is 0 Å². The lowest BCUT2D eigenvalue weighted by Crippen LogP contribution is -2.57. The molecule has 2 rings (SSSR count). The largest absolute Gasteiger partial charge is 0.311 e. The molecule has 1 aromatic rings. The van der Waals surface area contributed by atoms with Gasteiger partial charge in [0.25, 0.3) is 0 Å².